The van der Waals surface area contributed by atoms with E-state index in [1.807, 2.05) is 60.0 Å². The number of sulfone groups is 1. The molecule has 0 bridgehead atoms. The standard InChI is InChI=1S/C21H21NO3S2/c23-21(13-16-7-8-17-4-1-2-5-18(17)12-16)22(14-20-6-3-10-26-20)19-9-11-27(24,25)15-19/h1-8,10,12,19H,9,11,13-15H2/t19-/m1/s1. The number of hydrogen-bond acceptors (Lipinski definition) is 4. The van der Waals surface area contributed by atoms with E-state index in [-0.39, 0.29) is 29.9 Å². The Bertz CT molecular complexity index is 1060. The molecule has 27 heavy (non-hydrogen) atoms. The van der Waals surface area contributed by atoms with Crippen LogP contribution >= 0.6 is 11.3 Å². The minimum atomic E-state index is -3.05. The van der Waals surface area contributed by atoms with Gasteiger partial charge in [-0.05, 0) is 34.2 Å². The Morgan fingerprint density at radius 2 is 1.89 bits per heavy atom. The molecule has 1 atom stereocenters. The largest absolute Gasteiger partial charge is 0.333 e. The molecule has 2 heterocycles. The summed E-state index contributed by atoms with van der Waals surface area (Å²) >= 11 is 1.59. The summed E-state index contributed by atoms with van der Waals surface area (Å²) in [6.07, 6.45) is 0.809. The lowest BCUT2D eigenvalue weighted by Crippen LogP contribution is -2.41. The maximum atomic E-state index is 13.1. The zero-order valence-electron chi connectivity index (χ0n) is 14.9. The van der Waals surface area contributed by atoms with Crippen LogP contribution in [0.4, 0.5) is 0 Å². The van der Waals surface area contributed by atoms with Crippen molar-refractivity contribution in [1.82, 2.24) is 4.90 Å². The van der Waals surface area contributed by atoms with Gasteiger partial charge in [0.2, 0.25) is 5.91 Å². The fourth-order valence-electron chi connectivity index (χ4n) is 3.64. The molecule has 1 aliphatic heterocycles. The summed E-state index contributed by atoms with van der Waals surface area (Å²) < 4.78 is 23.9. The van der Waals surface area contributed by atoms with Gasteiger partial charge in [0.05, 0.1) is 24.5 Å². The van der Waals surface area contributed by atoms with Gasteiger partial charge in [0, 0.05) is 10.9 Å². The number of amides is 1. The molecule has 0 spiro atoms. The molecule has 0 saturated carbocycles. The molecule has 0 unspecified atom stereocenters. The lowest BCUT2D eigenvalue weighted by molar-refractivity contribution is -0.133. The van der Waals surface area contributed by atoms with E-state index in [0.717, 1.165) is 21.2 Å². The quantitative estimate of drug-likeness (QED) is 0.658. The normalized spacial score (nSPS) is 18.6. The van der Waals surface area contributed by atoms with Gasteiger partial charge >= 0.3 is 0 Å². The molecular formula is C21H21NO3S2. The Labute approximate surface area is 163 Å². The second-order valence-electron chi connectivity index (χ2n) is 7.02. The van der Waals surface area contributed by atoms with Crippen molar-refractivity contribution in [3.63, 3.8) is 0 Å². The van der Waals surface area contributed by atoms with Gasteiger partial charge in [0.25, 0.3) is 0 Å². The van der Waals surface area contributed by atoms with Crippen molar-refractivity contribution < 1.29 is 13.2 Å². The second-order valence-corrected chi connectivity index (χ2v) is 10.3. The van der Waals surface area contributed by atoms with E-state index >= 15 is 0 Å². The third-order valence-electron chi connectivity index (χ3n) is 5.05. The topological polar surface area (TPSA) is 54.5 Å². The molecule has 1 saturated heterocycles. The number of carbonyl (C=O) groups is 1. The molecule has 1 fully saturated rings. The minimum Gasteiger partial charge on any atom is -0.333 e. The van der Waals surface area contributed by atoms with Crippen LogP contribution in [0.3, 0.4) is 0 Å². The third kappa shape index (κ3) is 4.22. The van der Waals surface area contributed by atoms with Crippen LogP contribution in [0.1, 0.15) is 16.9 Å². The van der Waals surface area contributed by atoms with Gasteiger partial charge in [-0.15, -0.1) is 11.3 Å². The van der Waals surface area contributed by atoms with Gasteiger partial charge in [-0.1, -0.05) is 48.5 Å². The van der Waals surface area contributed by atoms with Crippen molar-refractivity contribution in [2.24, 2.45) is 0 Å². The van der Waals surface area contributed by atoms with E-state index in [1.165, 1.54) is 0 Å². The van der Waals surface area contributed by atoms with E-state index in [9.17, 15) is 13.2 Å². The summed E-state index contributed by atoms with van der Waals surface area (Å²) in [5.41, 5.74) is 0.954. The molecule has 1 amide bonds. The number of fused-ring (bicyclic) bond motifs is 1. The Hall–Kier alpha value is -2.18. The lowest BCUT2D eigenvalue weighted by Gasteiger charge is -2.28. The van der Waals surface area contributed by atoms with Gasteiger partial charge in [0.15, 0.2) is 9.84 Å². The van der Waals surface area contributed by atoms with Crippen LogP contribution < -0.4 is 0 Å². The predicted molar refractivity (Wildman–Crippen MR) is 110 cm³/mol. The summed E-state index contributed by atoms with van der Waals surface area (Å²) in [6.45, 7) is 0.476. The van der Waals surface area contributed by atoms with Crippen LogP contribution in [-0.4, -0.2) is 36.8 Å². The van der Waals surface area contributed by atoms with Crippen molar-refractivity contribution in [3.05, 3.63) is 70.4 Å². The molecule has 0 aliphatic carbocycles. The highest BCUT2D eigenvalue weighted by atomic mass is 32.2. The van der Waals surface area contributed by atoms with E-state index in [2.05, 4.69) is 0 Å². The Kier molecular flexibility index (Phi) is 5.02. The number of carbonyl (C=O) groups excluding carboxylic acids is 1. The fourth-order valence-corrected chi connectivity index (χ4v) is 6.07. The van der Waals surface area contributed by atoms with Gasteiger partial charge in [-0.25, -0.2) is 8.42 Å². The molecule has 4 nitrogen and oxygen atoms in total. The van der Waals surface area contributed by atoms with Gasteiger partial charge < -0.3 is 4.90 Å². The molecule has 1 aliphatic rings. The zero-order chi connectivity index (χ0) is 18.9. The summed E-state index contributed by atoms with van der Waals surface area (Å²) in [4.78, 5) is 16.0. The van der Waals surface area contributed by atoms with Crippen LogP contribution in [0.25, 0.3) is 10.8 Å². The predicted octanol–water partition coefficient (Wildman–Crippen LogP) is 3.66. The molecule has 6 heteroatoms. The monoisotopic (exact) mass is 399 g/mol. The first kappa shape index (κ1) is 18.2. The first-order chi connectivity index (χ1) is 13.0. The van der Waals surface area contributed by atoms with E-state index in [0.29, 0.717) is 13.0 Å². The van der Waals surface area contributed by atoms with Crippen LogP contribution in [0.2, 0.25) is 0 Å². The zero-order valence-corrected chi connectivity index (χ0v) is 16.5. The highest BCUT2D eigenvalue weighted by Crippen LogP contribution is 2.23. The molecule has 0 radical (unpaired) electrons. The maximum Gasteiger partial charge on any atom is 0.227 e. The molecular weight excluding hydrogens is 378 g/mol. The fraction of sp³-hybridized carbons (Fsp3) is 0.286. The third-order valence-corrected chi connectivity index (χ3v) is 7.66. The number of nitrogens with zero attached hydrogens (tertiary/aromatic N) is 1. The van der Waals surface area contributed by atoms with Gasteiger partial charge in [-0.2, -0.15) is 0 Å². The van der Waals surface area contributed by atoms with Gasteiger partial charge in [-0.3, -0.25) is 4.79 Å². The van der Waals surface area contributed by atoms with Crippen molar-refractivity contribution >= 4 is 37.9 Å². The lowest BCUT2D eigenvalue weighted by atomic mass is 10.0. The number of rotatable bonds is 5. The van der Waals surface area contributed by atoms with Crippen molar-refractivity contribution in [3.8, 4) is 0 Å². The van der Waals surface area contributed by atoms with Gasteiger partial charge in [0.1, 0.15) is 0 Å². The van der Waals surface area contributed by atoms with Crippen LogP contribution in [0.15, 0.2) is 60.0 Å². The highest BCUT2D eigenvalue weighted by Gasteiger charge is 2.34. The van der Waals surface area contributed by atoms with Crippen LogP contribution in [0, 0.1) is 0 Å². The van der Waals surface area contributed by atoms with E-state index < -0.39 is 9.84 Å². The molecule has 140 valence electrons. The SMILES string of the molecule is O=C(Cc1ccc2ccccc2c1)N(Cc1cccs1)[C@@H]1CCS(=O)(=O)C1. The average Bonchev–Trinajstić information content (AvgIpc) is 3.28. The summed E-state index contributed by atoms with van der Waals surface area (Å²) in [5.74, 6) is 0.227. The average molecular weight is 400 g/mol. The maximum absolute atomic E-state index is 13.1. The van der Waals surface area contributed by atoms with Crippen molar-refractivity contribution in [1.29, 1.82) is 0 Å². The van der Waals surface area contributed by atoms with Crippen molar-refractivity contribution in [2.75, 3.05) is 11.5 Å². The summed E-state index contributed by atoms with van der Waals surface area (Å²) in [6, 6.07) is 17.8. The van der Waals surface area contributed by atoms with Crippen LogP contribution in [0.5, 0.6) is 0 Å². The Morgan fingerprint density at radius 3 is 2.59 bits per heavy atom. The number of hydrogen-bond donors (Lipinski definition) is 0. The Morgan fingerprint density at radius 1 is 1.07 bits per heavy atom. The molecule has 2 aromatic carbocycles. The number of thiophene rings is 1. The summed E-state index contributed by atoms with van der Waals surface area (Å²) in [7, 11) is -3.05. The first-order valence-electron chi connectivity index (χ1n) is 9.00. The summed E-state index contributed by atoms with van der Waals surface area (Å²) in [5, 5.41) is 4.23. The van der Waals surface area contributed by atoms with Crippen molar-refractivity contribution in [2.45, 2.75) is 25.4 Å². The van der Waals surface area contributed by atoms with E-state index in [4.69, 9.17) is 0 Å². The molecule has 3 aromatic rings. The molecule has 1 aromatic heterocycles. The minimum absolute atomic E-state index is 0.0132. The molecule has 0 N–H and O–H groups in total. The highest BCUT2D eigenvalue weighted by molar-refractivity contribution is 7.91. The van der Waals surface area contributed by atoms with E-state index in [1.54, 1.807) is 16.2 Å². The molecule has 4 rings (SSSR count). The second kappa shape index (κ2) is 7.44. The Balaban J connectivity index is 1.57. The smallest absolute Gasteiger partial charge is 0.227 e. The van der Waals surface area contributed by atoms with Crippen LogP contribution in [-0.2, 0) is 27.6 Å². The first-order valence-corrected chi connectivity index (χ1v) is 11.7. The number of benzene rings is 2.